The number of halogens is 1. The number of hydrogen-bond donors (Lipinski definition) is 1. The first-order valence-electron chi connectivity index (χ1n) is 8.95. The molecule has 146 valence electrons. The number of methoxy groups -OCH3 is 1. The molecule has 1 N–H and O–H groups in total. The first-order chi connectivity index (χ1) is 13.3. The topological polar surface area (TPSA) is 66.8 Å². The molecule has 28 heavy (non-hydrogen) atoms. The molecule has 1 amide bonds. The Hall–Kier alpha value is -2.63. The molecule has 0 aliphatic carbocycles. The van der Waals surface area contributed by atoms with E-state index >= 15 is 0 Å². The quantitative estimate of drug-likeness (QED) is 0.468. The normalized spacial score (nSPS) is 18.7. The van der Waals surface area contributed by atoms with E-state index in [9.17, 15) is 14.7 Å². The van der Waals surface area contributed by atoms with Crippen LogP contribution < -0.4 is 0 Å². The number of nitrogens with zero attached hydrogens (tertiary/aromatic N) is 1. The summed E-state index contributed by atoms with van der Waals surface area (Å²) in [6, 6.07) is 11.6. The monoisotopic (exact) mass is 399 g/mol. The number of carbonyl (C=O) groups is 2. The molecule has 5 nitrogen and oxygen atoms in total. The van der Waals surface area contributed by atoms with Gasteiger partial charge in [-0.3, -0.25) is 9.59 Å². The third-order valence-corrected chi connectivity index (χ3v) is 5.29. The predicted octanol–water partition coefficient (Wildman–Crippen LogP) is 4.02. The van der Waals surface area contributed by atoms with Crippen molar-refractivity contribution in [2.24, 2.45) is 0 Å². The highest BCUT2D eigenvalue weighted by molar-refractivity contribution is 6.46. The summed E-state index contributed by atoms with van der Waals surface area (Å²) in [5, 5.41) is 11.5. The Morgan fingerprint density at radius 3 is 2.39 bits per heavy atom. The highest BCUT2D eigenvalue weighted by atomic mass is 35.5. The van der Waals surface area contributed by atoms with Crippen molar-refractivity contribution in [2.45, 2.75) is 19.9 Å². The summed E-state index contributed by atoms with van der Waals surface area (Å²) in [5.74, 6) is -1.53. The minimum Gasteiger partial charge on any atom is -0.507 e. The molecule has 1 heterocycles. The molecule has 0 bridgehead atoms. The molecule has 0 saturated carbocycles. The number of ether oxygens (including phenoxy) is 1. The SMILES string of the molecule is COCCN1C(=O)C(=O)/C(=C(\O)c2ccc(C)c(C)c2)C1c1ccc(Cl)cc1. The smallest absolute Gasteiger partial charge is 0.295 e. The number of benzene rings is 2. The van der Waals surface area contributed by atoms with Crippen LogP contribution in [0.5, 0.6) is 0 Å². The van der Waals surface area contributed by atoms with Gasteiger partial charge in [0.1, 0.15) is 5.76 Å². The molecule has 3 rings (SSSR count). The molecule has 0 aromatic heterocycles. The van der Waals surface area contributed by atoms with Gasteiger partial charge in [0, 0.05) is 24.2 Å². The van der Waals surface area contributed by atoms with Crippen LogP contribution in [0.3, 0.4) is 0 Å². The van der Waals surface area contributed by atoms with E-state index in [1.54, 1.807) is 30.3 Å². The van der Waals surface area contributed by atoms with E-state index in [0.29, 0.717) is 16.1 Å². The number of rotatable bonds is 5. The molecule has 0 radical (unpaired) electrons. The van der Waals surface area contributed by atoms with Crippen LogP contribution >= 0.6 is 11.6 Å². The minimum atomic E-state index is -0.702. The molecule has 1 fully saturated rings. The fourth-order valence-corrected chi connectivity index (χ4v) is 3.46. The Morgan fingerprint density at radius 1 is 1.11 bits per heavy atom. The van der Waals surface area contributed by atoms with Crippen LogP contribution in [0.2, 0.25) is 5.02 Å². The van der Waals surface area contributed by atoms with Gasteiger partial charge in [-0.2, -0.15) is 0 Å². The number of aliphatic hydroxyl groups excluding tert-OH is 1. The van der Waals surface area contributed by atoms with E-state index in [1.807, 2.05) is 26.0 Å². The lowest BCUT2D eigenvalue weighted by Crippen LogP contribution is -2.32. The Bertz CT molecular complexity index is 950. The molecule has 1 aliphatic rings. The highest BCUT2D eigenvalue weighted by Gasteiger charge is 2.45. The van der Waals surface area contributed by atoms with Crippen molar-refractivity contribution in [3.05, 3.63) is 75.3 Å². The van der Waals surface area contributed by atoms with Gasteiger partial charge in [-0.05, 0) is 48.7 Å². The molecular formula is C22H22ClNO4. The summed E-state index contributed by atoms with van der Waals surface area (Å²) in [7, 11) is 1.53. The Labute approximate surface area is 169 Å². The van der Waals surface area contributed by atoms with Gasteiger partial charge in [0.15, 0.2) is 0 Å². The van der Waals surface area contributed by atoms with Crippen LogP contribution in [0.4, 0.5) is 0 Å². The van der Waals surface area contributed by atoms with Crippen molar-refractivity contribution in [2.75, 3.05) is 20.3 Å². The molecule has 2 aromatic carbocycles. The van der Waals surface area contributed by atoms with E-state index in [2.05, 4.69) is 0 Å². The second-order valence-electron chi connectivity index (χ2n) is 6.84. The molecule has 1 atom stereocenters. The molecule has 6 heteroatoms. The highest BCUT2D eigenvalue weighted by Crippen LogP contribution is 2.39. The third kappa shape index (κ3) is 3.68. The van der Waals surface area contributed by atoms with Gasteiger partial charge in [0.2, 0.25) is 0 Å². The third-order valence-electron chi connectivity index (χ3n) is 5.04. The van der Waals surface area contributed by atoms with E-state index < -0.39 is 17.7 Å². The summed E-state index contributed by atoms with van der Waals surface area (Å²) in [4.78, 5) is 26.9. The van der Waals surface area contributed by atoms with Crippen LogP contribution in [0.1, 0.15) is 28.3 Å². The maximum atomic E-state index is 12.8. The summed E-state index contributed by atoms with van der Waals surface area (Å²) in [5.41, 5.74) is 3.34. The van der Waals surface area contributed by atoms with Crippen molar-refractivity contribution in [3.8, 4) is 0 Å². The zero-order chi connectivity index (χ0) is 20.4. The number of ketones is 1. The number of carbonyl (C=O) groups excluding carboxylic acids is 2. The second-order valence-corrected chi connectivity index (χ2v) is 7.27. The average Bonchev–Trinajstić information content (AvgIpc) is 2.93. The van der Waals surface area contributed by atoms with Gasteiger partial charge in [0.25, 0.3) is 11.7 Å². The van der Waals surface area contributed by atoms with Gasteiger partial charge < -0.3 is 14.7 Å². The van der Waals surface area contributed by atoms with Crippen LogP contribution in [0.25, 0.3) is 5.76 Å². The maximum Gasteiger partial charge on any atom is 0.295 e. The van der Waals surface area contributed by atoms with E-state index in [1.165, 1.54) is 12.0 Å². The predicted molar refractivity (Wildman–Crippen MR) is 108 cm³/mol. The van der Waals surface area contributed by atoms with Crippen molar-refractivity contribution in [1.29, 1.82) is 0 Å². The largest absolute Gasteiger partial charge is 0.507 e. The first-order valence-corrected chi connectivity index (χ1v) is 9.33. The zero-order valence-electron chi connectivity index (χ0n) is 16.0. The van der Waals surface area contributed by atoms with Crippen molar-refractivity contribution < 1.29 is 19.4 Å². The maximum absolute atomic E-state index is 12.8. The fourth-order valence-electron chi connectivity index (χ4n) is 3.34. The molecule has 1 unspecified atom stereocenters. The lowest BCUT2D eigenvalue weighted by atomic mass is 9.94. The molecule has 0 spiro atoms. The summed E-state index contributed by atoms with van der Waals surface area (Å²) < 4.78 is 5.10. The Balaban J connectivity index is 2.17. The molecular weight excluding hydrogens is 378 g/mol. The Morgan fingerprint density at radius 2 is 1.79 bits per heavy atom. The van der Waals surface area contributed by atoms with Crippen LogP contribution in [-0.2, 0) is 14.3 Å². The summed E-state index contributed by atoms with van der Waals surface area (Å²) in [6.45, 7) is 4.41. The average molecular weight is 400 g/mol. The zero-order valence-corrected chi connectivity index (χ0v) is 16.8. The lowest BCUT2D eigenvalue weighted by molar-refractivity contribution is -0.140. The molecule has 2 aromatic rings. The van der Waals surface area contributed by atoms with Crippen molar-refractivity contribution in [3.63, 3.8) is 0 Å². The van der Waals surface area contributed by atoms with Gasteiger partial charge in [0.05, 0.1) is 18.2 Å². The van der Waals surface area contributed by atoms with Gasteiger partial charge >= 0.3 is 0 Å². The number of aliphatic hydroxyl groups is 1. The van der Waals surface area contributed by atoms with Gasteiger partial charge in [-0.15, -0.1) is 0 Å². The van der Waals surface area contributed by atoms with Crippen molar-refractivity contribution >= 4 is 29.1 Å². The number of Topliss-reactive ketones (excluding diaryl/α,β-unsaturated/α-hetero) is 1. The number of amides is 1. The second kappa shape index (κ2) is 8.17. The fraction of sp³-hybridized carbons (Fsp3) is 0.273. The summed E-state index contributed by atoms with van der Waals surface area (Å²) >= 11 is 5.99. The van der Waals surface area contributed by atoms with E-state index in [-0.39, 0.29) is 24.5 Å². The lowest BCUT2D eigenvalue weighted by Gasteiger charge is -2.25. The van der Waals surface area contributed by atoms with E-state index in [4.69, 9.17) is 16.3 Å². The summed E-state index contributed by atoms with van der Waals surface area (Å²) in [6.07, 6.45) is 0. The standard InChI is InChI=1S/C22H22ClNO4/c1-13-4-5-16(12-14(13)2)20(25)18-19(15-6-8-17(23)9-7-15)24(10-11-28-3)22(27)21(18)26/h4-9,12,19,25H,10-11H2,1-3H3/b20-18-. The van der Waals surface area contributed by atoms with Crippen molar-refractivity contribution in [1.82, 2.24) is 4.90 Å². The van der Waals surface area contributed by atoms with Crippen LogP contribution in [0.15, 0.2) is 48.0 Å². The number of likely N-dealkylation sites (tertiary alicyclic amines) is 1. The molecule has 1 saturated heterocycles. The molecule has 1 aliphatic heterocycles. The number of aryl methyl sites for hydroxylation is 2. The number of hydrogen-bond acceptors (Lipinski definition) is 4. The Kier molecular flexibility index (Phi) is 5.87. The van der Waals surface area contributed by atoms with E-state index in [0.717, 1.165) is 11.1 Å². The van der Waals surface area contributed by atoms with Crippen LogP contribution in [0, 0.1) is 13.8 Å². The first kappa shape index (κ1) is 20.1. The minimum absolute atomic E-state index is 0.0756. The van der Waals surface area contributed by atoms with Gasteiger partial charge in [-0.1, -0.05) is 35.9 Å². The van der Waals surface area contributed by atoms with Crippen LogP contribution in [-0.4, -0.2) is 42.0 Å². The van der Waals surface area contributed by atoms with Gasteiger partial charge in [-0.25, -0.2) is 0 Å².